The van der Waals surface area contributed by atoms with Crippen molar-refractivity contribution in [3.05, 3.63) is 30.1 Å². The van der Waals surface area contributed by atoms with Crippen LogP contribution < -0.4 is 10.6 Å². The lowest BCUT2D eigenvalue weighted by atomic mass is 10.3. The average Bonchev–Trinajstić information content (AvgIpc) is 3.12. The first-order valence-corrected chi connectivity index (χ1v) is 6.70. The van der Waals surface area contributed by atoms with Gasteiger partial charge in [0.05, 0.1) is 0 Å². The van der Waals surface area contributed by atoms with Gasteiger partial charge in [0.25, 0.3) is 0 Å². The first-order chi connectivity index (χ1) is 10.7. The van der Waals surface area contributed by atoms with Crippen LogP contribution in [0.4, 0.5) is 5.13 Å². The van der Waals surface area contributed by atoms with Gasteiger partial charge in [-0.15, -0.1) is 5.10 Å². The van der Waals surface area contributed by atoms with Crippen LogP contribution in [-0.2, 0) is 9.63 Å². The molecule has 0 aliphatic carbocycles. The molecule has 22 heavy (non-hydrogen) atoms. The molecule has 3 rings (SSSR count). The third-order valence-electron chi connectivity index (χ3n) is 2.52. The summed E-state index contributed by atoms with van der Waals surface area (Å²) in [5.41, 5.74) is 6.37. The smallest absolute Gasteiger partial charge is 0.391 e. The van der Waals surface area contributed by atoms with Crippen molar-refractivity contribution >= 4 is 39.4 Å². The molecule has 0 unspecified atom stereocenters. The number of hydrogen-bond donors (Lipinski definition) is 1. The fourth-order valence-electron chi connectivity index (χ4n) is 1.63. The summed E-state index contributed by atoms with van der Waals surface area (Å²) < 4.78 is 3.90. The molecule has 0 aliphatic heterocycles. The molecule has 10 nitrogen and oxygen atoms in total. The summed E-state index contributed by atoms with van der Waals surface area (Å²) in [6.07, 6.45) is 0. The highest BCUT2D eigenvalue weighted by molar-refractivity contribution is 7.09. The van der Waals surface area contributed by atoms with Gasteiger partial charge in [0.2, 0.25) is 11.5 Å². The fraction of sp³-hybridized carbons (Fsp3) is 0.0909. The minimum Gasteiger partial charge on any atom is -0.398 e. The van der Waals surface area contributed by atoms with Crippen molar-refractivity contribution in [2.24, 2.45) is 5.16 Å². The average molecular weight is 319 g/mol. The van der Waals surface area contributed by atoms with Crippen LogP contribution >= 0.6 is 11.5 Å². The maximum Gasteiger partial charge on any atom is 0.391 e. The molecular weight excluding hydrogens is 310 g/mol. The van der Waals surface area contributed by atoms with Gasteiger partial charge >= 0.3 is 5.97 Å². The van der Waals surface area contributed by atoms with E-state index in [1.165, 1.54) is 7.11 Å². The molecule has 2 heterocycles. The van der Waals surface area contributed by atoms with Crippen LogP contribution in [0, 0.1) is 0 Å². The van der Waals surface area contributed by atoms with Gasteiger partial charge < -0.3 is 15.4 Å². The summed E-state index contributed by atoms with van der Waals surface area (Å²) in [6.45, 7) is 0. The number of oxime groups is 1. The van der Waals surface area contributed by atoms with Gasteiger partial charge in [-0.2, -0.15) is 9.36 Å². The molecule has 0 saturated heterocycles. The highest BCUT2D eigenvalue weighted by atomic mass is 32.1. The van der Waals surface area contributed by atoms with Crippen molar-refractivity contribution in [2.45, 2.75) is 0 Å². The highest BCUT2D eigenvalue weighted by Crippen LogP contribution is 2.10. The van der Waals surface area contributed by atoms with E-state index in [2.05, 4.69) is 29.7 Å². The number of carbonyl (C=O) groups excluding carboxylic acids is 1. The molecule has 0 saturated carbocycles. The normalized spacial score (nSPS) is 11.6. The van der Waals surface area contributed by atoms with E-state index in [4.69, 9.17) is 10.6 Å². The number of hydrogen-bond acceptors (Lipinski definition) is 10. The molecule has 2 aromatic heterocycles. The maximum atomic E-state index is 12.2. The molecule has 0 amide bonds. The largest absolute Gasteiger partial charge is 0.398 e. The van der Waals surface area contributed by atoms with Gasteiger partial charge in [0.1, 0.15) is 18.1 Å². The van der Waals surface area contributed by atoms with Crippen molar-refractivity contribution in [1.82, 2.24) is 24.5 Å². The zero-order chi connectivity index (χ0) is 15.5. The van der Waals surface area contributed by atoms with Crippen LogP contribution in [0.2, 0.25) is 0 Å². The Kier molecular flexibility index (Phi) is 3.62. The first-order valence-electron chi connectivity index (χ1n) is 5.93. The molecule has 0 bridgehead atoms. The second-order valence-corrected chi connectivity index (χ2v) is 4.69. The summed E-state index contributed by atoms with van der Waals surface area (Å²) in [4.78, 5) is 26.8. The van der Waals surface area contributed by atoms with E-state index in [1.807, 2.05) is 0 Å². The molecule has 3 aromatic rings. The van der Waals surface area contributed by atoms with Gasteiger partial charge in [-0.3, -0.25) is 0 Å². The predicted octanol–water partition coefficient (Wildman–Crippen LogP) is -0.129. The molecule has 0 radical (unpaired) electrons. The standard InChI is InChI=1S/C11H9N7O3S/c1-20-15-8(9-13-11(12)22-16-9)10(19)21-18-7-5-3-2-4-6(7)14-17-18/h2-5H,1H3,(H2,12,13,16)/b15-8-. The summed E-state index contributed by atoms with van der Waals surface area (Å²) in [7, 11) is 1.29. The van der Waals surface area contributed by atoms with E-state index in [1.54, 1.807) is 24.3 Å². The zero-order valence-corrected chi connectivity index (χ0v) is 12.0. The SMILES string of the molecule is CO/N=C(\C(=O)On1nnc2ccccc21)c1nsc(N)n1. The highest BCUT2D eigenvalue weighted by Gasteiger charge is 2.24. The molecule has 0 fully saturated rings. The van der Waals surface area contributed by atoms with Crippen LogP contribution in [0.5, 0.6) is 0 Å². The number of para-hydroxylation sites is 1. The summed E-state index contributed by atoms with van der Waals surface area (Å²) in [5.74, 6) is -0.839. The molecule has 0 spiro atoms. The third-order valence-corrected chi connectivity index (χ3v) is 3.06. The Balaban J connectivity index is 1.90. The molecule has 0 atom stereocenters. The Morgan fingerprint density at radius 2 is 2.23 bits per heavy atom. The number of benzene rings is 1. The summed E-state index contributed by atoms with van der Waals surface area (Å²) >= 11 is 0.924. The Labute approximate surface area is 127 Å². The number of carbonyl (C=O) groups is 1. The minimum absolute atomic E-state index is 0.0128. The second-order valence-electron chi connectivity index (χ2n) is 3.91. The number of anilines is 1. The molecule has 112 valence electrons. The topological polar surface area (TPSA) is 130 Å². The molecule has 1 aromatic carbocycles. The Hall–Kier alpha value is -3.08. The predicted molar refractivity (Wildman–Crippen MR) is 77.0 cm³/mol. The monoisotopic (exact) mass is 319 g/mol. The number of nitrogens with zero attached hydrogens (tertiary/aromatic N) is 6. The van der Waals surface area contributed by atoms with E-state index < -0.39 is 5.97 Å². The van der Waals surface area contributed by atoms with Crippen molar-refractivity contribution in [3.8, 4) is 0 Å². The molecule has 0 aliphatic rings. The van der Waals surface area contributed by atoms with Crippen molar-refractivity contribution in [1.29, 1.82) is 0 Å². The van der Waals surface area contributed by atoms with E-state index in [0.29, 0.717) is 11.0 Å². The van der Waals surface area contributed by atoms with E-state index in [0.717, 1.165) is 16.4 Å². The van der Waals surface area contributed by atoms with Crippen LogP contribution in [0.3, 0.4) is 0 Å². The van der Waals surface area contributed by atoms with E-state index >= 15 is 0 Å². The molecule has 2 N–H and O–H groups in total. The number of aromatic nitrogens is 5. The van der Waals surface area contributed by atoms with Gasteiger partial charge in [0.15, 0.2) is 5.13 Å². The van der Waals surface area contributed by atoms with Crippen LogP contribution in [0.25, 0.3) is 11.0 Å². The summed E-state index contributed by atoms with van der Waals surface area (Å²) in [5, 5.41) is 11.4. The number of fused-ring (bicyclic) bond motifs is 1. The maximum absolute atomic E-state index is 12.2. The van der Waals surface area contributed by atoms with Gasteiger partial charge in [0, 0.05) is 11.5 Å². The van der Waals surface area contributed by atoms with Crippen LogP contribution in [0.1, 0.15) is 5.82 Å². The van der Waals surface area contributed by atoms with E-state index in [-0.39, 0.29) is 16.7 Å². The lowest BCUT2D eigenvalue weighted by molar-refractivity contribution is -0.137. The summed E-state index contributed by atoms with van der Waals surface area (Å²) in [6, 6.07) is 7.00. The fourth-order valence-corrected chi connectivity index (χ4v) is 2.06. The Morgan fingerprint density at radius 1 is 1.41 bits per heavy atom. The number of nitrogens with two attached hydrogens (primary N) is 1. The Morgan fingerprint density at radius 3 is 2.95 bits per heavy atom. The van der Waals surface area contributed by atoms with Crippen molar-refractivity contribution < 1.29 is 14.5 Å². The first kappa shape index (κ1) is 13.9. The zero-order valence-electron chi connectivity index (χ0n) is 11.2. The molecular formula is C11H9N7O3S. The van der Waals surface area contributed by atoms with Gasteiger partial charge in [-0.25, -0.2) is 4.79 Å². The van der Waals surface area contributed by atoms with Gasteiger partial charge in [-0.1, -0.05) is 22.1 Å². The van der Waals surface area contributed by atoms with Crippen LogP contribution in [-0.4, -0.2) is 43.3 Å². The quantitative estimate of drug-likeness (QED) is 0.400. The Bertz CT molecular complexity index is 856. The van der Waals surface area contributed by atoms with E-state index in [9.17, 15) is 4.79 Å². The van der Waals surface area contributed by atoms with Crippen molar-refractivity contribution in [3.63, 3.8) is 0 Å². The second kappa shape index (κ2) is 5.73. The van der Waals surface area contributed by atoms with Crippen LogP contribution in [0.15, 0.2) is 29.4 Å². The number of nitrogen functional groups attached to an aromatic ring is 1. The third kappa shape index (κ3) is 2.56. The minimum atomic E-state index is -0.852. The lowest BCUT2D eigenvalue weighted by Gasteiger charge is -2.03. The molecule has 11 heteroatoms. The number of rotatable bonds is 4. The lowest BCUT2D eigenvalue weighted by Crippen LogP contribution is -2.30. The van der Waals surface area contributed by atoms with Crippen molar-refractivity contribution in [2.75, 3.05) is 12.8 Å². The van der Waals surface area contributed by atoms with Gasteiger partial charge in [-0.05, 0) is 17.3 Å².